The molecule has 2 aromatic rings. The Labute approximate surface area is 117 Å². The Morgan fingerprint density at radius 1 is 1.37 bits per heavy atom. The lowest BCUT2D eigenvalue weighted by atomic mass is 10.1. The number of halogens is 2. The molecule has 98 valence electrons. The van der Waals surface area contributed by atoms with Gasteiger partial charge in [-0.1, -0.05) is 17.3 Å². The van der Waals surface area contributed by atoms with Gasteiger partial charge in [-0.2, -0.15) is 4.98 Å². The summed E-state index contributed by atoms with van der Waals surface area (Å²) in [6.45, 7) is 0. The van der Waals surface area contributed by atoms with E-state index in [1.807, 2.05) is 12.2 Å². The fraction of sp³-hybridized carbons (Fsp3) is 0.231. The van der Waals surface area contributed by atoms with Crippen LogP contribution < -0.4 is 5.73 Å². The van der Waals surface area contributed by atoms with Crippen molar-refractivity contribution < 1.29 is 8.91 Å². The number of benzene rings is 1. The van der Waals surface area contributed by atoms with Crippen molar-refractivity contribution in [1.29, 1.82) is 0 Å². The van der Waals surface area contributed by atoms with Gasteiger partial charge in [0.25, 0.3) is 0 Å². The molecule has 2 atom stereocenters. The van der Waals surface area contributed by atoms with Crippen molar-refractivity contribution in [2.24, 2.45) is 5.73 Å². The van der Waals surface area contributed by atoms with Gasteiger partial charge in [0.2, 0.25) is 11.7 Å². The van der Waals surface area contributed by atoms with Crippen LogP contribution >= 0.6 is 15.9 Å². The number of nitrogens with zero attached hydrogens (tertiary/aromatic N) is 2. The zero-order valence-electron chi connectivity index (χ0n) is 9.88. The minimum Gasteiger partial charge on any atom is -0.338 e. The van der Waals surface area contributed by atoms with Gasteiger partial charge in [0, 0.05) is 16.1 Å². The second-order valence-electron chi connectivity index (χ2n) is 4.47. The van der Waals surface area contributed by atoms with Crippen LogP contribution in [-0.2, 0) is 0 Å². The average molecular weight is 324 g/mol. The molecular formula is C13H11BrFN3O. The molecule has 1 aromatic carbocycles. The van der Waals surface area contributed by atoms with Gasteiger partial charge in [0.05, 0.1) is 5.92 Å². The van der Waals surface area contributed by atoms with Gasteiger partial charge in [-0.15, -0.1) is 0 Å². The van der Waals surface area contributed by atoms with Crippen LogP contribution in [0.1, 0.15) is 18.2 Å². The summed E-state index contributed by atoms with van der Waals surface area (Å²) >= 11 is 3.29. The molecule has 0 amide bonds. The summed E-state index contributed by atoms with van der Waals surface area (Å²) in [6, 6.07) is 4.39. The van der Waals surface area contributed by atoms with E-state index in [-0.39, 0.29) is 17.8 Å². The van der Waals surface area contributed by atoms with Gasteiger partial charge >= 0.3 is 0 Å². The first-order valence-corrected chi connectivity index (χ1v) is 6.66. The molecule has 4 nitrogen and oxygen atoms in total. The molecule has 19 heavy (non-hydrogen) atoms. The van der Waals surface area contributed by atoms with Crippen molar-refractivity contribution in [2.75, 3.05) is 0 Å². The Hall–Kier alpha value is -1.53. The van der Waals surface area contributed by atoms with Gasteiger partial charge in [0.15, 0.2) is 0 Å². The van der Waals surface area contributed by atoms with E-state index in [1.165, 1.54) is 12.1 Å². The molecule has 1 aliphatic rings. The minimum absolute atomic E-state index is 0.0397. The molecule has 0 saturated heterocycles. The number of rotatable bonds is 2. The molecule has 1 heterocycles. The third-order valence-corrected chi connectivity index (χ3v) is 3.70. The van der Waals surface area contributed by atoms with Gasteiger partial charge in [-0.25, -0.2) is 4.39 Å². The lowest BCUT2D eigenvalue weighted by molar-refractivity contribution is 0.365. The quantitative estimate of drug-likeness (QED) is 0.863. The molecular weight excluding hydrogens is 313 g/mol. The van der Waals surface area contributed by atoms with Crippen LogP contribution in [0.4, 0.5) is 4.39 Å². The summed E-state index contributed by atoms with van der Waals surface area (Å²) in [7, 11) is 0. The van der Waals surface area contributed by atoms with Crippen LogP contribution in [0.3, 0.4) is 0 Å². The summed E-state index contributed by atoms with van der Waals surface area (Å²) < 4.78 is 18.9. The van der Waals surface area contributed by atoms with Crippen molar-refractivity contribution in [3.05, 3.63) is 46.5 Å². The van der Waals surface area contributed by atoms with Gasteiger partial charge in [-0.05, 0) is 40.5 Å². The molecule has 0 spiro atoms. The van der Waals surface area contributed by atoms with Crippen molar-refractivity contribution in [3.8, 4) is 11.4 Å². The fourth-order valence-corrected chi connectivity index (χ4v) is 2.60. The molecule has 0 bridgehead atoms. The Morgan fingerprint density at radius 2 is 2.21 bits per heavy atom. The van der Waals surface area contributed by atoms with E-state index in [9.17, 15) is 4.39 Å². The topological polar surface area (TPSA) is 64.9 Å². The van der Waals surface area contributed by atoms with Crippen LogP contribution in [0.25, 0.3) is 11.4 Å². The smallest absolute Gasteiger partial charge is 0.233 e. The normalized spacial score (nSPS) is 22.1. The Bertz CT molecular complexity index is 641. The minimum atomic E-state index is -0.316. The molecule has 0 aliphatic heterocycles. The van der Waals surface area contributed by atoms with Crippen molar-refractivity contribution in [1.82, 2.24) is 10.1 Å². The number of hydrogen-bond acceptors (Lipinski definition) is 4. The summed E-state index contributed by atoms with van der Waals surface area (Å²) in [5.74, 6) is 0.727. The first-order chi connectivity index (χ1) is 9.13. The number of allylic oxidation sites excluding steroid dienone is 1. The number of aromatic nitrogens is 2. The van der Waals surface area contributed by atoms with Crippen LogP contribution in [0, 0.1) is 5.82 Å². The van der Waals surface area contributed by atoms with Crippen LogP contribution in [0.2, 0.25) is 0 Å². The summed E-state index contributed by atoms with van der Waals surface area (Å²) in [6.07, 6.45) is 4.68. The van der Waals surface area contributed by atoms with E-state index in [1.54, 1.807) is 6.07 Å². The zero-order chi connectivity index (χ0) is 13.4. The second kappa shape index (κ2) is 4.86. The fourth-order valence-electron chi connectivity index (χ4n) is 2.08. The predicted molar refractivity (Wildman–Crippen MR) is 71.9 cm³/mol. The predicted octanol–water partition coefficient (Wildman–Crippen LogP) is 3.01. The van der Waals surface area contributed by atoms with Gasteiger partial charge < -0.3 is 10.3 Å². The van der Waals surface area contributed by atoms with E-state index < -0.39 is 0 Å². The Kier molecular flexibility index (Phi) is 3.20. The standard InChI is InChI=1S/C13H11BrFN3O/c14-11-6-8(15)2-4-10(11)12-17-13(19-18-12)7-1-3-9(16)5-7/h1-4,6-7,9H,5,16H2. The highest BCUT2D eigenvalue weighted by atomic mass is 79.9. The van der Waals surface area contributed by atoms with Crippen molar-refractivity contribution in [2.45, 2.75) is 18.4 Å². The van der Waals surface area contributed by atoms with E-state index in [4.69, 9.17) is 10.3 Å². The molecule has 3 rings (SSSR count). The molecule has 1 aromatic heterocycles. The first-order valence-electron chi connectivity index (χ1n) is 5.86. The van der Waals surface area contributed by atoms with Crippen molar-refractivity contribution in [3.63, 3.8) is 0 Å². The number of hydrogen-bond donors (Lipinski definition) is 1. The number of nitrogens with two attached hydrogens (primary N) is 1. The van der Waals surface area contributed by atoms with E-state index in [2.05, 4.69) is 26.1 Å². The largest absolute Gasteiger partial charge is 0.338 e. The lowest BCUT2D eigenvalue weighted by Crippen LogP contribution is -2.14. The Morgan fingerprint density at radius 3 is 2.89 bits per heavy atom. The van der Waals surface area contributed by atoms with E-state index in [0.717, 1.165) is 6.42 Å². The maximum absolute atomic E-state index is 13.0. The van der Waals surface area contributed by atoms with E-state index in [0.29, 0.717) is 21.8 Å². The molecule has 2 N–H and O–H groups in total. The molecule has 1 aliphatic carbocycles. The van der Waals surface area contributed by atoms with Crippen LogP contribution in [0.5, 0.6) is 0 Å². The molecule has 0 radical (unpaired) electrons. The average Bonchev–Trinajstić information content (AvgIpc) is 2.97. The molecule has 6 heteroatoms. The second-order valence-corrected chi connectivity index (χ2v) is 5.33. The molecule has 0 saturated carbocycles. The third-order valence-electron chi connectivity index (χ3n) is 3.05. The molecule has 2 unspecified atom stereocenters. The maximum Gasteiger partial charge on any atom is 0.233 e. The lowest BCUT2D eigenvalue weighted by Gasteiger charge is -2.02. The highest BCUT2D eigenvalue weighted by molar-refractivity contribution is 9.10. The highest BCUT2D eigenvalue weighted by Crippen LogP contribution is 2.31. The van der Waals surface area contributed by atoms with Crippen molar-refractivity contribution >= 4 is 15.9 Å². The molecule has 0 fully saturated rings. The summed E-state index contributed by atoms with van der Waals surface area (Å²) in [5.41, 5.74) is 6.49. The van der Waals surface area contributed by atoms with Gasteiger partial charge in [0.1, 0.15) is 5.82 Å². The first kappa shape index (κ1) is 12.5. The highest BCUT2D eigenvalue weighted by Gasteiger charge is 2.23. The van der Waals surface area contributed by atoms with E-state index >= 15 is 0 Å². The summed E-state index contributed by atoms with van der Waals surface area (Å²) in [5, 5.41) is 3.93. The summed E-state index contributed by atoms with van der Waals surface area (Å²) in [4.78, 5) is 4.35. The van der Waals surface area contributed by atoms with Crippen LogP contribution in [-0.4, -0.2) is 16.2 Å². The zero-order valence-corrected chi connectivity index (χ0v) is 11.5. The van der Waals surface area contributed by atoms with Crippen LogP contribution in [0.15, 0.2) is 39.3 Å². The SMILES string of the molecule is NC1C=CC(c2nc(-c3ccc(F)cc3Br)no2)C1. The Balaban J connectivity index is 1.91. The monoisotopic (exact) mass is 323 g/mol. The van der Waals surface area contributed by atoms with Gasteiger partial charge in [-0.3, -0.25) is 0 Å². The maximum atomic E-state index is 13.0. The third kappa shape index (κ3) is 2.46.